The van der Waals surface area contributed by atoms with Gasteiger partial charge in [-0.25, -0.2) is 0 Å². The van der Waals surface area contributed by atoms with Crippen molar-refractivity contribution in [2.24, 2.45) is 0 Å². The molecule has 1 heterocycles. The van der Waals surface area contributed by atoms with Crippen LogP contribution in [0, 0.1) is 0 Å². The van der Waals surface area contributed by atoms with Gasteiger partial charge in [0, 0.05) is 23.2 Å². The Labute approximate surface area is 173 Å². The molecule has 1 aliphatic heterocycles. The lowest BCUT2D eigenvalue weighted by Gasteiger charge is -2.26. The summed E-state index contributed by atoms with van der Waals surface area (Å²) in [5.41, 5.74) is 2.33. The van der Waals surface area contributed by atoms with Gasteiger partial charge in [0.2, 0.25) is 11.8 Å². The van der Waals surface area contributed by atoms with Gasteiger partial charge in [0.1, 0.15) is 0 Å². The third-order valence-electron chi connectivity index (χ3n) is 5.49. The largest absolute Gasteiger partial charge is 0.378 e. The Balaban J connectivity index is 1.38. The number of morpholine rings is 1. The molecule has 2 aromatic rings. The van der Waals surface area contributed by atoms with E-state index in [9.17, 15) is 9.59 Å². The maximum atomic E-state index is 12.9. The fourth-order valence-corrected chi connectivity index (χ4v) is 4.01. The van der Waals surface area contributed by atoms with Gasteiger partial charge in [-0.15, -0.1) is 0 Å². The molecule has 1 aliphatic carbocycles. The maximum Gasteiger partial charge on any atom is 0.235 e. The van der Waals surface area contributed by atoms with Crippen LogP contribution in [0.3, 0.4) is 0 Å². The average molecular weight is 443 g/mol. The molecule has 6 heteroatoms. The highest BCUT2D eigenvalue weighted by molar-refractivity contribution is 9.10. The molecule has 2 aliphatic rings. The number of halogens is 1. The molecule has 28 heavy (non-hydrogen) atoms. The van der Waals surface area contributed by atoms with Crippen molar-refractivity contribution in [3.05, 3.63) is 64.1 Å². The number of benzene rings is 2. The number of ether oxygens (including phenoxy) is 1. The number of hydrogen-bond donors (Lipinski definition) is 1. The monoisotopic (exact) mass is 442 g/mol. The van der Waals surface area contributed by atoms with Gasteiger partial charge in [-0.2, -0.15) is 0 Å². The van der Waals surface area contributed by atoms with Crippen molar-refractivity contribution in [3.63, 3.8) is 0 Å². The predicted molar refractivity (Wildman–Crippen MR) is 111 cm³/mol. The van der Waals surface area contributed by atoms with E-state index in [4.69, 9.17) is 4.74 Å². The van der Waals surface area contributed by atoms with Crippen LogP contribution in [-0.2, 0) is 26.2 Å². The molecule has 5 nitrogen and oxygen atoms in total. The van der Waals surface area contributed by atoms with Crippen LogP contribution >= 0.6 is 15.9 Å². The number of nitrogens with one attached hydrogen (secondary N) is 1. The lowest BCUT2D eigenvalue weighted by atomic mass is 9.95. The molecule has 2 fully saturated rings. The first kappa shape index (κ1) is 19.2. The smallest absolute Gasteiger partial charge is 0.235 e. The van der Waals surface area contributed by atoms with Crippen LogP contribution in [0.5, 0.6) is 0 Å². The minimum Gasteiger partial charge on any atom is -0.378 e. The van der Waals surface area contributed by atoms with Gasteiger partial charge in [-0.3, -0.25) is 9.59 Å². The number of nitrogens with zero attached hydrogens (tertiary/aromatic N) is 1. The molecule has 1 saturated carbocycles. The van der Waals surface area contributed by atoms with Crippen LogP contribution in [0.25, 0.3) is 0 Å². The number of rotatable bonds is 5. The normalized spacial score (nSPS) is 17.8. The highest BCUT2D eigenvalue weighted by Gasteiger charge is 2.51. The molecular weight excluding hydrogens is 420 g/mol. The Morgan fingerprint density at radius 3 is 2.43 bits per heavy atom. The summed E-state index contributed by atoms with van der Waals surface area (Å²) in [6, 6.07) is 15.5. The van der Waals surface area contributed by atoms with Gasteiger partial charge in [0.15, 0.2) is 0 Å². The summed E-state index contributed by atoms with van der Waals surface area (Å²) in [5, 5.41) is 3.04. The van der Waals surface area contributed by atoms with Crippen molar-refractivity contribution in [3.8, 4) is 0 Å². The molecule has 0 radical (unpaired) electrons. The first-order valence-corrected chi connectivity index (χ1v) is 10.4. The first-order valence-electron chi connectivity index (χ1n) is 9.59. The standard InChI is InChI=1S/C22H23BrN2O3/c23-18-3-1-2-17(15-18)22(8-9-22)21(27)24-19-6-4-16(5-7-19)14-20(26)25-10-12-28-13-11-25/h1-7,15H,8-14H2,(H,24,27). The van der Waals surface area contributed by atoms with E-state index in [1.807, 2.05) is 53.4 Å². The Bertz CT molecular complexity index is 872. The molecule has 0 atom stereocenters. The zero-order chi connectivity index (χ0) is 19.6. The number of hydrogen-bond acceptors (Lipinski definition) is 3. The van der Waals surface area contributed by atoms with Crippen molar-refractivity contribution < 1.29 is 14.3 Å². The van der Waals surface area contributed by atoms with Gasteiger partial charge in [-0.1, -0.05) is 40.2 Å². The number of carbonyl (C=O) groups is 2. The van der Waals surface area contributed by atoms with E-state index in [1.165, 1.54) is 0 Å². The van der Waals surface area contributed by atoms with Crippen LogP contribution in [0.4, 0.5) is 5.69 Å². The van der Waals surface area contributed by atoms with Crippen LogP contribution in [0.2, 0.25) is 0 Å². The van der Waals surface area contributed by atoms with Crippen molar-refractivity contribution in [1.29, 1.82) is 0 Å². The molecule has 146 valence electrons. The maximum absolute atomic E-state index is 12.9. The third-order valence-corrected chi connectivity index (χ3v) is 5.99. The minimum atomic E-state index is -0.422. The highest BCUT2D eigenvalue weighted by atomic mass is 79.9. The molecule has 0 spiro atoms. The Hall–Kier alpha value is -2.18. The summed E-state index contributed by atoms with van der Waals surface area (Å²) in [6.45, 7) is 2.53. The van der Waals surface area contributed by atoms with Gasteiger partial charge < -0.3 is 15.0 Å². The summed E-state index contributed by atoms with van der Waals surface area (Å²) < 4.78 is 6.27. The Morgan fingerprint density at radius 1 is 1.07 bits per heavy atom. The van der Waals surface area contributed by atoms with E-state index in [2.05, 4.69) is 21.2 Å². The topological polar surface area (TPSA) is 58.6 Å². The van der Waals surface area contributed by atoms with Crippen molar-refractivity contribution >= 4 is 33.4 Å². The number of amides is 2. The molecule has 2 aromatic carbocycles. The van der Waals surface area contributed by atoms with Gasteiger partial charge >= 0.3 is 0 Å². The van der Waals surface area contributed by atoms with E-state index in [-0.39, 0.29) is 11.8 Å². The van der Waals surface area contributed by atoms with E-state index in [0.717, 1.165) is 34.1 Å². The van der Waals surface area contributed by atoms with E-state index < -0.39 is 5.41 Å². The predicted octanol–water partition coefficient (Wildman–Crippen LogP) is 3.52. The SMILES string of the molecule is O=C(Cc1ccc(NC(=O)C2(c3cccc(Br)c3)CC2)cc1)N1CCOCC1. The zero-order valence-electron chi connectivity index (χ0n) is 15.6. The highest BCUT2D eigenvalue weighted by Crippen LogP contribution is 2.49. The molecule has 0 unspecified atom stereocenters. The van der Waals surface area contributed by atoms with E-state index in [1.54, 1.807) is 0 Å². The molecule has 1 N–H and O–H groups in total. The second kappa shape index (κ2) is 8.05. The fraction of sp³-hybridized carbons (Fsp3) is 0.364. The number of anilines is 1. The van der Waals surface area contributed by atoms with Crippen molar-refractivity contribution in [2.75, 3.05) is 31.6 Å². The third kappa shape index (κ3) is 4.13. The van der Waals surface area contributed by atoms with Gasteiger partial charge in [0.05, 0.1) is 25.0 Å². The first-order chi connectivity index (χ1) is 13.6. The second-order valence-corrected chi connectivity index (χ2v) is 8.33. The molecule has 0 aromatic heterocycles. The van der Waals surface area contributed by atoms with Crippen molar-refractivity contribution in [2.45, 2.75) is 24.7 Å². The van der Waals surface area contributed by atoms with Gasteiger partial charge in [-0.05, 0) is 48.2 Å². The Kier molecular flexibility index (Phi) is 5.51. The van der Waals surface area contributed by atoms with Crippen molar-refractivity contribution in [1.82, 2.24) is 4.90 Å². The fourth-order valence-electron chi connectivity index (χ4n) is 3.61. The zero-order valence-corrected chi connectivity index (χ0v) is 17.2. The molecule has 0 bridgehead atoms. The minimum absolute atomic E-state index is 0.0303. The second-order valence-electron chi connectivity index (χ2n) is 7.41. The quantitative estimate of drug-likeness (QED) is 0.770. The summed E-state index contributed by atoms with van der Waals surface area (Å²) in [5.74, 6) is 0.148. The molecule has 4 rings (SSSR count). The molecule has 1 saturated heterocycles. The summed E-state index contributed by atoms with van der Waals surface area (Å²) >= 11 is 3.48. The van der Waals surface area contributed by atoms with Crippen LogP contribution in [0.1, 0.15) is 24.0 Å². The summed E-state index contributed by atoms with van der Waals surface area (Å²) in [4.78, 5) is 27.1. The summed E-state index contributed by atoms with van der Waals surface area (Å²) in [6.07, 6.45) is 2.10. The lowest BCUT2D eigenvalue weighted by molar-refractivity contribution is -0.134. The average Bonchev–Trinajstić information content (AvgIpc) is 3.52. The lowest BCUT2D eigenvalue weighted by Crippen LogP contribution is -2.41. The van der Waals surface area contributed by atoms with E-state index >= 15 is 0 Å². The van der Waals surface area contributed by atoms with Gasteiger partial charge in [0.25, 0.3) is 0 Å². The summed E-state index contributed by atoms with van der Waals surface area (Å²) in [7, 11) is 0. The van der Waals surface area contributed by atoms with Crippen LogP contribution in [0.15, 0.2) is 53.0 Å². The van der Waals surface area contributed by atoms with Crippen LogP contribution in [-0.4, -0.2) is 43.0 Å². The molecule has 2 amide bonds. The van der Waals surface area contributed by atoms with Crippen LogP contribution < -0.4 is 5.32 Å². The Morgan fingerprint density at radius 2 is 1.79 bits per heavy atom. The number of carbonyl (C=O) groups excluding carboxylic acids is 2. The molecular formula is C22H23BrN2O3. The van der Waals surface area contributed by atoms with E-state index in [0.29, 0.717) is 32.7 Å².